The van der Waals surface area contributed by atoms with Gasteiger partial charge in [-0.1, -0.05) is 104 Å². The first kappa shape index (κ1) is 41.6. The second-order valence-corrected chi connectivity index (χ2v) is 15.2. The summed E-state index contributed by atoms with van der Waals surface area (Å²) in [6.07, 6.45) is 13.0. The minimum absolute atomic E-state index is 0.393. The largest absolute Gasteiger partial charge is 0.494 e. The minimum atomic E-state index is -0.476. The summed E-state index contributed by atoms with van der Waals surface area (Å²) in [6.45, 7) is 6.58. The number of fused-ring (bicyclic) bond motifs is 1. The first-order valence-electron chi connectivity index (χ1n) is 20.2. The van der Waals surface area contributed by atoms with E-state index in [2.05, 4.69) is 77.5 Å². The van der Waals surface area contributed by atoms with Crippen molar-refractivity contribution in [3.05, 3.63) is 156 Å². The SMILES string of the molecule is C=CC(=O)OCCCCCCOc1ccc(C(=O)Oc2ccc(CCc3ccc(-c4ccc(CCCCC)cc4)cc3)cc2/C=N/Nc2nc3ccccc3s2)cc1. The van der Waals surface area contributed by atoms with Crippen molar-refractivity contribution in [1.82, 2.24) is 4.98 Å². The Bertz CT molecular complexity index is 2230. The number of nitrogens with one attached hydrogen (secondary N) is 1. The fourth-order valence-electron chi connectivity index (χ4n) is 6.45. The maximum absolute atomic E-state index is 13.3. The second kappa shape index (κ2) is 22.0. The standard InChI is InChI=1S/C49H51N3O5S/c1-3-5-8-13-36-18-23-39(24-19-36)40-25-20-37(21-26-40)16-17-38-22-31-45(42(34-38)35-50-52-49-51-44-14-9-10-15-46(44)58-49)57-48(54)41-27-29-43(30-28-41)55-32-11-6-7-12-33-56-47(53)4-2/h4,9-10,14-15,18-31,34-35H,2-3,5-8,11-13,16-17,32-33H2,1H3,(H,51,52)/b50-35+. The third-order valence-electron chi connectivity index (χ3n) is 9.76. The van der Waals surface area contributed by atoms with Gasteiger partial charge in [0, 0.05) is 11.6 Å². The van der Waals surface area contributed by atoms with Crippen LogP contribution in [0.2, 0.25) is 0 Å². The van der Waals surface area contributed by atoms with E-state index < -0.39 is 11.9 Å². The van der Waals surface area contributed by atoms with E-state index in [1.807, 2.05) is 42.5 Å². The number of ether oxygens (including phenoxy) is 3. The average molecular weight is 794 g/mol. The molecule has 0 unspecified atom stereocenters. The van der Waals surface area contributed by atoms with Crippen LogP contribution in [0, 0.1) is 0 Å². The smallest absolute Gasteiger partial charge is 0.343 e. The van der Waals surface area contributed by atoms with Gasteiger partial charge in [-0.05, 0) is 128 Å². The van der Waals surface area contributed by atoms with Gasteiger partial charge in [-0.3, -0.25) is 5.43 Å². The number of para-hydroxylation sites is 1. The Hall–Kier alpha value is -6.06. The van der Waals surface area contributed by atoms with Crippen LogP contribution in [-0.2, 0) is 28.8 Å². The van der Waals surface area contributed by atoms with Crippen molar-refractivity contribution in [3.63, 3.8) is 0 Å². The summed E-state index contributed by atoms with van der Waals surface area (Å²) in [7, 11) is 0. The summed E-state index contributed by atoms with van der Waals surface area (Å²) >= 11 is 1.52. The molecule has 0 aliphatic rings. The molecule has 0 aliphatic heterocycles. The highest BCUT2D eigenvalue weighted by atomic mass is 32.1. The average Bonchev–Trinajstić information content (AvgIpc) is 3.68. The number of hydrogen-bond donors (Lipinski definition) is 1. The van der Waals surface area contributed by atoms with Crippen LogP contribution in [0.15, 0.2) is 133 Å². The lowest BCUT2D eigenvalue weighted by atomic mass is 9.98. The Labute approximate surface area is 345 Å². The molecule has 0 bridgehead atoms. The molecule has 5 aromatic carbocycles. The van der Waals surface area contributed by atoms with Gasteiger partial charge in [0.05, 0.1) is 35.2 Å². The van der Waals surface area contributed by atoms with Crippen molar-refractivity contribution in [1.29, 1.82) is 0 Å². The molecule has 298 valence electrons. The zero-order chi connectivity index (χ0) is 40.4. The van der Waals surface area contributed by atoms with Gasteiger partial charge in [-0.25, -0.2) is 14.6 Å². The summed E-state index contributed by atoms with van der Waals surface area (Å²) in [5.41, 5.74) is 11.2. The molecule has 0 fully saturated rings. The second-order valence-electron chi connectivity index (χ2n) is 14.1. The number of aryl methyl sites for hydroxylation is 3. The lowest BCUT2D eigenvalue weighted by Gasteiger charge is -2.11. The Morgan fingerprint density at radius 1 is 0.741 bits per heavy atom. The molecule has 8 nitrogen and oxygen atoms in total. The Balaban J connectivity index is 1.06. The summed E-state index contributed by atoms with van der Waals surface area (Å²) in [5.74, 6) is 0.215. The molecule has 9 heteroatoms. The number of nitrogens with zero attached hydrogens (tertiary/aromatic N) is 2. The molecular formula is C49H51N3O5S. The molecule has 0 radical (unpaired) electrons. The topological polar surface area (TPSA) is 99.1 Å². The molecular weight excluding hydrogens is 743 g/mol. The predicted octanol–water partition coefficient (Wildman–Crippen LogP) is 11.8. The van der Waals surface area contributed by atoms with Gasteiger partial charge in [0.25, 0.3) is 0 Å². The fraction of sp³-hybridized carbons (Fsp3) is 0.265. The molecule has 1 aromatic heterocycles. The number of esters is 2. The van der Waals surface area contributed by atoms with Crippen LogP contribution >= 0.6 is 11.3 Å². The van der Waals surface area contributed by atoms with Crippen molar-refractivity contribution in [2.75, 3.05) is 18.6 Å². The van der Waals surface area contributed by atoms with E-state index in [9.17, 15) is 9.59 Å². The van der Waals surface area contributed by atoms with Gasteiger partial charge in [0.2, 0.25) is 5.13 Å². The van der Waals surface area contributed by atoms with Crippen LogP contribution in [0.5, 0.6) is 11.5 Å². The number of carbonyl (C=O) groups is 2. The molecule has 0 amide bonds. The normalized spacial score (nSPS) is 11.1. The van der Waals surface area contributed by atoms with E-state index in [0.717, 1.165) is 60.7 Å². The van der Waals surface area contributed by atoms with Crippen LogP contribution in [0.1, 0.15) is 84.5 Å². The third kappa shape index (κ3) is 12.7. The summed E-state index contributed by atoms with van der Waals surface area (Å²) in [5, 5.41) is 5.16. The molecule has 58 heavy (non-hydrogen) atoms. The zero-order valence-electron chi connectivity index (χ0n) is 33.2. The highest BCUT2D eigenvalue weighted by Crippen LogP contribution is 2.27. The maximum Gasteiger partial charge on any atom is 0.343 e. The quantitative estimate of drug-likeness (QED) is 0.0182. The van der Waals surface area contributed by atoms with Crippen LogP contribution in [0.4, 0.5) is 5.13 Å². The molecule has 1 N–H and O–H groups in total. The van der Waals surface area contributed by atoms with E-state index in [4.69, 9.17) is 14.2 Å². The van der Waals surface area contributed by atoms with Crippen molar-refractivity contribution in [2.24, 2.45) is 5.10 Å². The molecule has 0 saturated carbocycles. The summed E-state index contributed by atoms with van der Waals surface area (Å²) in [6, 6.07) is 38.5. The molecule has 6 aromatic rings. The van der Waals surface area contributed by atoms with Crippen LogP contribution < -0.4 is 14.9 Å². The number of carbonyl (C=O) groups excluding carboxylic acids is 2. The van der Waals surface area contributed by atoms with Crippen molar-refractivity contribution >= 4 is 44.8 Å². The third-order valence-corrected chi connectivity index (χ3v) is 10.7. The zero-order valence-corrected chi connectivity index (χ0v) is 34.0. The molecule has 0 spiro atoms. The van der Waals surface area contributed by atoms with E-state index in [1.165, 1.54) is 58.9 Å². The van der Waals surface area contributed by atoms with Gasteiger partial charge >= 0.3 is 11.9 Å². The van der Waals surface area contributed by atoms with E-state index >= 15 is 0 Å². The van der Waals surface area contributed by atoms with Crippen LogP contribution in [0.3, 0.4) is 0 Å². The number of hydrogen-bond acceptors (Lipinski definition) is 9. The highest BCUT2D eigenvalue weighted by molar-refractivity contribution is 7.22. The maximum atomic E-state index is 13.3. The van der Waals surface area contributed by atoms with Gasteiger partial charge in [-0.2, -0.15) is 5.10 Å². The predicted molar refractivity (Wildman–Crippen MR) is 236 cm³/mol. The Morgan fingerprint density at radius 3 is 2.12 bits per heavy atom. The monoisotopic (exact) mass is 793 g/mol. The van der Waals surface area contributed by atoms with Gasteiger partial charge < -0.3 is 14.2 Å². The lowest BCUT2D eigenvalue weighted by molar-refractivity contribution is -0.137. The summed E-state index contributed by atoms with van der Waals surface area (Å²) in [4.78, 5) is 29.1. The first-order chi connectivity index (χ1) is 28.5. The van der Waals surface area contributed by atoms with Gasteiger partial charge in [-0.15, -0.1) is 0 Å². The molecule has 1 heterocycles. The number of thiazole rings is 1. The lowest BCUT2D eigenvalue weighted by Crippen LogP contribution is -2.10. The Kier molecular flexibility index (Phi) is 15.8. The van der Waals surface area contributed by atoms with E-state index in [-0.39, 0.29) is 0 Å². The highest BCUT2D eigenvalue weighted by Gasteiger charge is 2.13. The number of rotatable bonds is 22. The Morgan fingerprint density at radius 2 is 1.41 bits per heavy atom. The van der Waals surface area contributed by atoms with Crippen molar-refractivity contribution in [3.8, 4) is 22.6 Å². The fourth-order valence-corrected chi connectivity index (χ4v) is 7.26. The van der Waals surface area contributed by atoms with E-state index in [0.29, 0.717) is 41.0 Å². The van der Waals surface area contributed by atoms with Gasteiger partial charge in [0.1, 0.15) is 11.5 Å². The summed E-state index contributed by atoms with van der Waals surface area (Å²) < 4.78 is 17.9. The molecule has 0 atom stereocenters. The number of anilines is 1. The van der Waals surface area contributed by atoms with Crippen LogP contribution in [0.25, 0.3) is 21.3 Å². The number of hydrazone groups is 1. The van der Waals surface area contributed by atoms with Crippen LogP contribution in [-0.4, -0.2) is 36.4 Å². The minimum Gasteiger partial charge on any atom is -0.494 e. The molecule has 0 saturated heterocycles. The number of aromatic nitrogens is 1. The van der Waals surface area contributed by atoms with Crippen molar-refractivity contribution in [2.45, 2.75) is 71.1 Å². The van der Waals surface area contributed by atoms with E-state index in [1.54, 1.807) is 30.5 Å². The first-order valence-corrected chi connectivity index (χ1v) is 21.0. The van der Waals surface area contributed by atoms with Gasteiger partial charge in [0.15, 0.2) is 0 Å². The number of benzene rings is 5. The molecule has 0 aliphatic carbocycles. The molecule has 6 rings (SSSR count). The van der Waals surface area contributed by atoms with Crippen molar-refractivity contribution < 1.29 is 23.8 Å². The number of unbranched alkanes of at least 4 members (excludes halogenated alkanes) is 5.